The molecule has 8 heteroatoms. The van der Waals surface area contributed by atoms with Crippen molar-refractivity contribution in [2.24, 2.45) is 5.92 Å². The first-order valence-electron chi connectivity index (χ1n) is 7.42. The van der Waals surface area contributed by atoms with Crippen molar-refractivity contribution < 1.29 is 18.0 Å². The van der Waals surface area contributed by atoms with Crippen LogP contribution in [-0.4, -0.2) is 38.8 Å². The summed E-state index contributed by atoms with van der Waals surface area (Å²) in [6.45, 7) is 4.54. The van der Waals surface area contributed by atoms with E-state index >= 15 is 0 Å². The molecular formula is C14H21F3N4O. The molecule has 2 rings (SSSR count). The van der Waals surface area contributed by atoms with Gasteiger partial charge >= 0.3 is 6.18 Å². The lowest BCUT2D eigenvalue weighted by molar-refractivity contribution is -0.156. The number of rotatable bonds is 4. The fraction of sp³-hybridized carbons (Fsp3) is 0.786. The molecule has 5 nitrogen and oxygen atoms in total. The molecule has 1 unspecified atom stereocenters. The molecule has 0 aliphatic carbocycles. The second kappa shape index (κ2) is 6.26. The second-order valence-electron chi connectivity index (χ2n) is 6.21. The van der Waals surface area contributed by atoms with Crippen LogP contribution in [0.15, 0.2) is 0 Å². The standard InChI is InChI=1S/C14H21F3N4O/c1-9(2)7-12(22)20(3)8-11-18-19-13-10(14(15,16)17)5-4-6-21(11)13/h9-10H,4-8H2,1-3H3. The van der Waals surface area contributed by atoms with Crippen LogP contribution < -0.4 is 0 Å². The van der Waals surface area contributed by atoms with E-state index in [9.17, 15) is 18.0 Å². The van der Waals surface area contributed by atoms with Gasteiger partial charge < -0.3 is 9.47 Å². The number of nitrogens with zero attached hydrogens (tertiary/aromatic N) is 4. The predicted octanol–water partition coefficient (Wildman–Crippen LogP) is 2.72. The maximum absolute atomic E-state index is 13.0. The molecule has 0 spiro atoms. The molecule has 0 fully saturated rings. The molecule has 1 aliphatic heterocycles. The molecule has 1 aromatic heterocycles. The van der Waals surface area contributed by atoms with Crippen LogP contribution in [-0.2, 0) is 17.9 Å². The first-order valence-corrected chi connectivity index (χ1v) is 7.42. The molecule has 22 heavy (non-hydrogen) atoms. The van der Waals surface area contributed by atoms with Gasteiger partial charge in [0.1, 0.15) is 11.7 Å². The first-order chi connectivity index (χ1) is 10.2. The van der Waals surface area contributed by atoms with E-state index in [1.807, 2.05) is 13.8 Å². The van der Waals surface area contributed by atoms with Crippen LogP contribution >= 0.6 is 0 Å². The normalized spacial score (nSPS) is 18.4. The van der Waals surface area contributed by atoms with Crippen LogP contribution in [0.4, 0.5) is 13.2 Å². The Hall–Kier alpha value is -1.60. The van der Waals surface area contributed by atoms with Gasteiger partial charge in [-0.3, -0.25) is 4.79 Å². The smallest absolute Gasteiger partial charge is 0.338 e. The first kappa shape index (κ1) is 16.8. The number of hydrogen-bond donors (Lipinski definition) is 0. The molecular weight excluding hydrogens is 297 g/mol. The Morgan fingerprint density at radius 2 is 2.09 bits per heavy atom. The van der Waals surface area contributed by atoms with E-state index in [-0.39, 0.29) is 30.6 Å². The molecule has 1 amide bonds. The molecule has 0 N–H and O–H groups in total. The number of amides is 1. The quantitative estimate of drug-likeness (QED) is 0.858. The Morgan fingerprint density at radius 1 is 1.41 bits per heavy atom. The van der Waals surface area contributed by atoms with E-state index in [1.54, 1.807) is 7.05 Å². The predicted molar refractivity (Wildman–Crippen MR) is 74.0 cm³/mol. The average Bonchev–Trinajstić information content (AvgIpc) is 2.80. The Balaban J connectivity index is 2.15. The Bertz CT molecular complexity index is 539. The third-order valence-corrected chi connectivity index (χ3v) is 3.82. The summed E-state index contributed by atoms with van der Waals surface area (Å²) in [7, 11) is 1.64. The van der Waals surface area contributed by atoms with Crippen molar-refractivity contribution >= 4 is 5.91 Å². The number of fused-ring (bicyclic) bond motifs is 1. The Kier molecular flexibility index (Phi) is 4.77. The molecule has 1 atom stereocenters. The molecule has 0 bridgehead atoms. The minimum Gasteiger partial charge on any atom is -0.338 e. The number of hydrogen-bond acceptors (Lipinski definition) is 3. The zero-order valence-electron chi connectivity index (χ0n) is 13.0. The van der Waals surface area contributed by atoms with E-state index in [0.717, 1.165) is 0 Å². The van der Waals surface area contributed by atoms with Crippen molar-refractivity contribution in [3.63, 3.8) is 0 Å². The highest BCUT2D eigenvalue weighted by Gasteiger charge is 2.45. The van der Waals surface area contributed by atoms with Crippen LogP contribution in [0, 0.1) is 5.92 Å². The summed E-state index contributed by atoms with van der Waals surface area (Å²) in [5.74, 6) is -0.978. The van der Waals surface area contributed by atoms with Crippen molar-refractivity contribution in [2.75, 3.05) is 7.05 Å². The van der Waals surface area contributed by atoms with Gasteiger partial charge in [-0.1, -0.05) is 13.8 Å². The number of alkyl halides is 3. The van der Waals surface area contributed by atoms with E-state index in [4.69, 9.17) is 0 Å². The van der Waals surface area contributed by atoms with Crippen LogP contribution in [0.3, 0.4) is 0 Å². The fourth-order valence-corrected chi connectivity index (χ4v) is 2.67. The molecule has 0 saturated heterocycles. The summed E-state index contributed by atoms with van der Waals surface area (Å²) in [5, 5.41) is 7.62. The molecule has 0 aromatic carbocycles. The van der Waals surface area contributed by atoms with Crippen molar-refractivity contribution in [1.29, 1.82) is 0 Å². The third kappa shape index (κ3) is 3.59. The van der Waals surface area contributed by atoms with Gasteiger partial charge in [-0.2, -0.15) is 13.2 Å². The molecule has 1 aromatic rings. The minimum absolute atomic E-state index is 0.0292. The maximum atomic E-state index is 13.0. The van der Waals surface area contributed by atoms with Crippen LogP contribution in [0.25, 0.3) is 0 Å². The lowest BCUT2D eigenvalue weighted by atomic mass is 9.98. The molecule has 2 heterocycles. The molecule has 0 radical (unpaired) electrons. The maximum Gasteiger partial charge on any atom is 0.398 e. The van der Waals surface area contributed by atoms with Gasteiger partial charge in [-0.15, -0.1) is 10.2 Å². The van der Waals surface area contributed by atoms with Gasteiger partial charge in [0.25, 0.3) is 0 Å². The van der Waals surface area contributed by atoms with Crippen LogP contribution in [0.1, 0.15) is 50.7 Å². The van der Waals surface area contributed by atoms with Gasteiger partial charge in [0.05, 0.1) is 6.54 Å². The van der Waals surface area contributed by atoms with Gasteiger partial charge in [0, 0.05) is 20.0 Å². The summed E-state index contributed by atoms with van der Waals surface area (Å²) in [5.41, 5.74) is 0. The SMILES string of the molecule is CC(C)CC(=O)N(C)Cc1nnc2n1CCCC2C(F)(F)F. The molecule has 1 aliphatic rings. The van der Waals surface area contributed by atoms with E-state index in [1.165, 1.54) is 9.47 Å². The molecule has 0 saturated carbocycles. The topological polar surface area (TPSA) is 51.0 Å². The van der Waals surface area contributed by atoms with Gasteiger partial charge in [-0.25, -0.2) is 0 Å². The lowest BCUT2D eigenvalue weighted by Crippen LogP contribution is -2.31. The second-order valence-corrected chi connectivity index (χ2v) is 6.21. The fourth-order valence-electron chi connectivity index (χ4n) is 2.67. The van der Waals surface area contributed by atoms with E-state index < -0.39 is 12.1 Å². The lowest BCUT2D eigenvalue weighted by Gasteiger charge is -2.26. The summed E-state index contributed by atoms with van der Waals surface area (Å²) in [6, 6.07) is 0. The van der Waals surface area contributed by atoms with Crippen LogP contribution in [0.2, 0.25) is 0 Å². The monoisotopic (exact) mass is 318 g/mol. The van der Waals surface area contributed by atoms with Crippen molar-refractivity contribution in [3.8, 4) is 0 Å². The summed E-state index contributed by atoms with van der Waals surface area (Å²) in [6.07, 6.45) is -3.42. The zero-order chi connectivity index (χ0) is 16.5. The summed E-state index contributed by atoms with van der Waals surface area (Å²) in [4.78, 5) is 13.5. The van der Waals surface area contributed by atoms with E-state index in [2.05, 4.69) is 10.2 Å². The average molecular weight is 318 g/mol. The minimum atomic E-state index is -4.30. The highest BCUT2D eigenvalue weighted by Crippen LogP contribution is 2.40. The molecule has 124 valence electrons. The summed E-state index contributed by atoms with van der Waals surface area (Å²) < 4.78 is 40.6. The number of carbonyl (C=O) groups excluding carboxylic acids is 1. The summed E-state index contributed by atoms with van der Waals surface area (Å²) >= 11 is 0. The van der Waals surface area contributed by atoms with Gasteiger partial charge in [0.15, 0.2) is 5.82 Å². The van der Waals surface area contributed by atoms with E-state index in [0.29, 0.717) is 25.2 Å². The number of carbonyl (C=O) groups is 1. The highest BCUT2D eigenvalue weighted by atomic mass is 19.4. The Labute approximate surface area is 127 Å². The number of halogens is 3. The zero-order valence-corrected chi connectivity index (χ0v) is 13.0. The van der Waals surface area contributed by atoms with Gasteiger partial charge in [-0.05, 0) is 18.8 Å². The Morgan fingerprint density at radius 3 is 2.68 bits per heavy atom. The van der Waals surface area contributed by atoms with Crippen LogP contribution in [0.5, 0.6) is 0 Å². The number of aromatic nitrogens is 3. The van der Waals surface area contributed by atoms with Gasteiger partial charge in [0.2, 0.25) is 5.91 Å². The van der Waals surface area contributed by atoms with Crippen molar-refractivity contribution in [1.82, 2.24) is 19.7 Å². The van der Waals surface area contributed by atoms with Crippen molar-refractivity contribution in [2.45, 2.75) is 58.3 Å². The third-order valence-electron chi connectivity index (χ3n) is 3.82. The largest absolute Gasteiger partial charge is 0.398 e. The van der Waals surface area contributed by atoms with Crippen molar-refractivity contribution in [3.05, 3.63) is 11.6 Å². The highest BCUT2D eigenvalue weighted by molar-refractivity contribution is 5.75.